The van der Waals surface area contributed by atoms with Crippen LogP contribution in [0.1, 0.15) is 39.2 Å². The normalized spacial score (nSPS) is 24.0. The smallest absolute Gasteiger partial charge is 0.421 e. The Morgan fingerprint density at radius 2 is 2.06 bits per heavy atom. The molecule has 31 heavy (non-hydrogen) atoms. The maximum absolute atomic E-state index is 14.0. The average Bonchev–Trinajstić information content (AvgIpc) is 2.89. The number of fused-ring (bicyclic) bond motifs is 3. The van der Waals surface area contributed by atoms with E-state index >= 15 is 0 Å². The zero-order chi connectivity index (χ0) is 22.7. The lowest BCUT2D eigenvalue weighted by atomic mass is 9.62. The third kappa shape index (κ3) is 2.82. The molecule has 1 unspecified atom stereocenters. The number of amides is 2. The predicted octanol–water partition coefficient (Wildman–Crippen LogP) is 3.56. The second kappa shape index (κ2) is 6.95. The minimum absolute atomic E-state index is 0.0503. The van der Waals surface area contributed by atoms with Crippen LogP contribution in [0.25, 0.3) is 0 Å². The van der Waals surface area contributed by atoms with Crippen molar-refractivity contribution in [1.29, 1.82) is 5.26 Å². The number of anilines is 1. The molecule has 9 heteroatoms. The number of halogens is 1. The molecule has 0 radical (unpaired) electrons. The Morgan fingerprint density at radius 1 is 1.35 bits per heavy atom. The van der Waals surface area contributed by atoms with Gasteiger partial charge in [0.05, 0.1) is 17.9 Å². The number of Topliss-reactive ketones (excluding diaryl/α,β-unsaturated/α-hetero) is 1. The molecule has 8 nitrogen and oxygen atoms in total. The molecule has 0 bridgehead atoms. The first-order valence-corrected chi connectivity index (χ1v) is 10.5. The highest BCUT2D eigenvalue weighted by Gasteiger charge is 2.64. The van der Waals surface area contributed by atoms with Crippen LogP contribution in [0.4, 0.5) is 10.5 Å². The molecule has 2 aliphatic heterocycles. The number of nitrogens with zero attached hydrogens (tertiary/aromatic N) is 2. The molecule has 4 rings (SSSR count). The van der Waals surface area contributed by atoms with Crippen molar-refractivity contribution in [2.75, 3.05) is 11.5 Å². The molecule has 1 aliphatic carbocycles. The Balaban J connectivity index is 2.10. The molecule has 3 aliphatic rings. The Labute approximate surface area is 187 Å². The van der Waals surface area contributed by atoms with E-state index in [-0.39, 0.29) is 47.3 Å². The van der Waals surface area contributed by atoms with Gasteiger partial charge in [0.1, 0.15) is 22.8 Å². The van der Waals surface area contributed by atoms with Crippen LogP contribution >= 0.6 is 15.9 Å². The molecular formula is C22H20BrN3O5. The molecule has 0 fully saturated rings. The highest BCUT2D eigenvalue weighted by atomic mass is 79.9. The van der Waals surface area contributed by atoms with Crippen LogP contribution in [-0.4, -0.2) is 24.4 Å². The van der Waals surface area contributed by atoms with Crippen molar-refractivity contribution in [3.05, 3.63) is 51.0 Å². The summed E-state index contributed by atoms with van der Waals surface area (Å²) in [7, 11) is 0. The second-order valence-electron chi connectivity index (χ2n) is 8.44. The molecular weight excluding hydrogens is 466 g/mol. The van der Waals surface area contributed by atoms with Crippen LogP contribution in [-0.2, 0) is 24.5 Å². The first-order chi connectivity index (χ1) is 14.6. The van der Waals surface area contributed by atoms with Gasteiger partial charge in [-0.3, -0.25) is 9.59 Å². The number of allylic oxidation sites excluding steroid dienone is 1. The topological polar surface area (TPSA) is 123 Å². The van der Waals surface area contributed by atoms with E-state index in [1.165, 1.54) is 0 Å². The van der Waals surface area contributed by atoms with Crippen molar-refractivity contribution < 1.29 is 23.9 Å². The molecule has 0 saturated heterocycles. The van der Waals surface area contributed by atoms with Crippen molar-refractivity contribution in [2.45, 2.75) is 39.0 Å². The van der Waals surface area contributed by atoms with Gasteiger partial charge in [0.15, 0.2) is 5.78 Å². The van der Waals surface area contributed by atoms with Crippen LogP contribution in [0.15, 0.2) is 45.5 Å². The second-order valence-corrected chi connectivity index (χ2v) is 9.36. The Hall–Kier alpha value is -3.12. The molecule has 2 amide bonds. The van der Waals surface area contributed by atoms with Gasteiger partial charge in [-0.25, -0.2) is 9.69 Å². The molecule has 0 aromatic heterocycles. The van der Waals surface area contributed by atoms with E-state index in [1.807, 2.05) is 19.9 Å². The Kier molecular flexibility index (Phi) is 4.74. The molecule has 0 saturated carbocycles. The number of imide groups is 1. The summed E-state index contributed by atoms with van der Waals surface area (Å²) in [5, 5.41) is 10.0. The third-order valence-corrected chi connectivity index (χ3v) is 6.25. The summed E-state index contributed by atoms with van der Waals surface area (Å²) in [5.74, 6) is -1.10. The summed E-state index contributed by atoms with van der Waals surface area (Å²) in [6.07, 6.45) is -0.377. The molecule has 1 aromatic rings. The minimum Gasteiger partial charge on any atom is -0.449 e. The largest absolute Gasteiger partial charge is 0.449 e. The Morgan fingerprint density at radius 3 is 2.71 bits per heavy atom. The van der Waals surface area contributed by atoms with Gasteiger partial charge in [0.2, 0.25) is 5.88 Å². The standard InChI is InChI=1S/C22H20BrN3O5/c1-4-30-20(29)26-14-6-5-11(23)7-12(14)22(19(26)28)13(10-24)18(25)31-16-9-21(2,3)8-15(27)17(16)22/h5-7H,4,8-9,25H2,1-3H3. The fourth-order valence-corrected chi connectivity index (χ4v) is 5.01. The monoisotopic (exact) mass is 485 g/mol. The molecule has 2 heterocycles. The van der Waals surface area contributed by atoms with Crippen molar-refractivity contribution >= 4 is 39.4 Å². The van der Waals surface area contributed by atoms with E-state index in [1.54, 1.807) is 25.1 Å². The van der Waals surface area contributed by atoms with Crippen LogP contribution in [0.3, 0.4) is 0 Å². The number of nitriles is 1. The number of rotatable bonds is 1. The van der Waals surface area contributed by atoms with Gasteiger partial charge in [-0.15, -0.1) is 0 Å². The van der Waals surface area contributed by atoms with Gasteiger partial charge in [-0.2, -0.15) is 5.26 Å². The maximum atomic E-state index is 14.0. The van der Waals surface area contributed by atoms with Crippen molar-refractivity contribution in [2.24, 2.45) is 11.1 Å². The molecule has 1 atom stereocenters. The first kappa shape index (κ1) is 21.1. The van der Waals surface area contributed by atoms with E-state index < -0.39 is 22.8 Å². The zero-order valence-corrected chi connectivity index (χ0v) is 18.8. The predicted molar refractivity (Wildman–Crippen MR) is 113 cm³/mol. The number of benzene rings is 1. The van der Waals surface area contributed by atoms with Crippen LogP contribution in [0.2, 0.25) is 0 Å². The quantitative estimate of drug-likeness (QED) is 0.644. The highest BCUT2D eigenvalue weighted by Crippen LogP contribution is 2.57. The summed E-state index contributed by atoms with van der Waals surface area (Å²) in [4.78, 5) is 41.0. The number of ketones is 1. The SMILES string of the molecule is CCOC(=O)N1C(=O)C2(C(C#N)=C(N)OC3=C2C(=O)CC(C)(C)C3)c2cc(Br)ccc21. The summed E-state index contributed by atoms with van der Waals surface area (Å²) in [6, 6.07) is 6.83. The molecule has 1 aromatic carbocycles. The van der Waals surface area contributed by atoms with Gasteiger partial charge in [-0.05, 0) is 30.5 Å². The Bertz CT molecular complexity index is 1160. The van der Waals surface area contributed by atoms with Crippen molar-refractivity contribution in [3.63, 3.8) is 0 Å². The van der Waals surface area contributed by atoms with Crippen LogP contribution in [0, 0.1) is 16.7 Å². The minimum atomic E-state index is -1.87. The van der Waals surface area contributed by atoms with Crippen LogP contribution < -0.4 is 10.6 Å². The van der Waals surface area contributed by atoms with E-state index in [9.17, 15) is 19.6 Å². The summed E-state index contributed by atoms with van der Waals surface area (Å²) in [6.45, 7) is 5.50. The molecule has 160 valence electrons. The van der Waals surface area contributed by atoms with Gasteiger partial charge in [0.25, 0.3) is 5.91 Å². The van der Waals surface area contributed by atoms with E-state index in [2.05, 4.69) is 15.9 Å². The highest BCUT2D eigenvalue weighted by molar-refractivity contribution is 9.10. The number of ether oxygens (including phenoxy) is 2. The number of hydrogen-bond donors (Lipinski definition) is 1. The van der Waals surface area contributed by atoms with Gasteiger partial charge in [-0.1, -0.05) is 29.8 Å². The third-order valence-electron chi connectivity index (χ3n) is 5.76. The van der Waals surface area contributed by atoms with E-state index in [0.29, 0.717) is 16.5 Å². The maximum Gasteiger partial charge on any atom is 0.421 e. The molecule has 1 spiro atoms. The summed E-state index contributed by atoms with van der Waals surface area (Å²) >= 11 is 3.39. The van der Waals surface area contributed by atoms with Gasteiger partial charge in [0, 0.05) is 22.9 Å². The lowest BCUT2D eigenvalue weighted by molar-refractivity contribution is -0.125. The summed E-state index contributed by atoms with van der Waals surface area (Å²) in [5.41, 5.74) is 4.23. The lowest BCUT2D eigenvalue weighted by Gasteiger charge is -2.41. The van der Waals surface area contributed by atoms with Crippen LogP contribution in [0.5, 0.6) is 0 Å². The van der Waals surface area contributed by atoms with Gasteiger partial charge < -0.3 is 15.2 Å². The molecule has 2 N–H and O–H groups in total. The average molecular weight is 486 g/mol. The van der Waals surface area contributed by atoms with Crippen molar-refractivity contribution in [1.82, 2.24) is 0 Å². The van der Waals surface area contributed by atoms with Crippen molar-refractivity contribution in [3.8, 4) is 6.07 Å². The number of hydrogen-bond acceptors (Lipinski definition) is 7. The fraction of sp³-hybridized carbons (Fsp3) is 0.364. The lowest BCUT2D eigenvalue weighted by Crippen LogP contribution is -2.51. The van der Waals surface area contributed by atoms with Gasteiger partial charge >= 0.3 is 6.09 Å². The summed E-state index contributed by atoms with van der Waals surface area (Å²) < 4.78 is 11.4. The number of nitrogens with two attached hydrogens (primary N) is 1. The number of carbonyl (C=O) groups excluding carboxylic acids is 3. The van der Waals surface area contributed by atoms with E-state index in [0.717, 1.165) is 4.90 Å². The van der Waals surface area contributed by atoms with E-state index in [4.69, 9.17) is 15.2 Å². The zero-order valence-electron chi connectivity index (χ0n) is 17.2. The first-order valence-electron chi connectivity index (χ1n) is 9.74. The number of carbonyl (C=O) groups is 3. The fourth-order valence-electron chi connectivity index (χ4n) is 4.65.